The number of nitrogens with zero attached hydrogens (tertiary/aromatic N) is 2. The van der Waals surface area contributed by atoms with Crippen molar-refractivity contribution >= 4 is 0 Å². The Morgan fingerprint density at radius 1 is 1.67 bits per heavy atom. The second-order valence-corrected chi connectivity index (χ2v) is 3.32. The number of hydrogen-bond donors (Lipinski definition) is 0. The lowest BCUT2D eigenvalue weighted by atomic mass is 9.80. The molecule has 0 bridgehead atoms. The number of rotatable bonds is 1. The maximum atomic E-state index is 8.38. The monoisotopic (exact) mass is 124 g/mol. The van der Waals surface area contributed by atoms with E-state index >= 15 is 0 Å². The topological polar surface area (TPSA) is 27.0 Å². The van der Waals surface area contributed by atoms with Gasteiger partial charge in [0.1, 0.15) is 0 Å². The molecule has 0 atom stereocenters. The van der Waals surface area contributed by atoms with Gasteiger partial charge < -0.3 is 4.90 Å². The average Bonchev–Trinajstić information content (AvgIpc) is 1.62. The van der Waals surface area contributed by atoms with Crippen molar-refractivity contribution in [1.82, 2.24) is 4.90 Å². The van der Waals surface area contributed by atoms with Crippen molar-refractivity contribution in [2.24, 2.45) is 5.41 Å². The number of likely N-dealkylation sites (tertiary alicyclic amines) is 1. The van der Waals surface area contributed by atoms with Crippen molar-refractivity contribution in [2.75, 3.05) is 20.1 Å². The van der Waals surface area contributed by atoms with Crippen LogP contribution >= 0.6 is 0 Å². The average molecular weight is 124 g/mol. The van der Waals surface area contributed by atoms with Gasteiger partial charge in [-0.2, -0.15) is 5.26 Å². The van der Waals surface area contributed by atoms with E-state index in [4.69, 9.17) is 5.26 Å². The zero-order chi connectivity index (χ0) is 6.91. The zero-order valence-electron chi connectivity index (χ0n) is 6.02. The van der Waals surface area contributed by atoms with Crippen LogP contribution in [0.5, 0.6) is 0 Å². The van der Waals surface area contributed by atoms with Crippen LogP contribution in [0.4, 0.5) is 0 Å². The fourth-order valence-electron chi connectivity index (χ4n) is 1.56. The highest BCUT2D eigenvalue weighted by Gasteiger charge is 2.35. The molecule has 0 aromatic heterocycles. The van der Waals surface area contributed by atoms with Crippen LogP contribution < -0.4 is 0 Å². The zero-order valence-corrected chi connectivity index (χ0v) is 6.02. The molecule has 0 unspecified atom stereocenters. The molecule has 1 fully saturated rings. The van der Waals surface area contributed by atoms with Crippen molar-refractivity contribution < 1.29 is 0 Å². The van der Waals surface area contributed by atoms with Crippen LogP contribution in [0, 0.1) is 16.7 Å². The Morgan fingerprint density at radius 2 is 2.22 bits per heavy atom. The molecular weight excluding hydrogens is 112 g/mol. The van der Waals surface area contributed by atoms with Gasteiger partial charge in [-0.1, -0.05) is 6.92 Å². The smallest absolute Gasteiger partial charge is 0.0628 e. The minimum atomic E-state index is 0.309. The third kappa shape index (κ3) is 1.22. The molecule has 1 heterocycles. The van der Waals surface area contributed by atoms with E-state index in [2.05, 4.69) is 24.9 Å². The summed E-state index contributed by atoms with van der Waals surface area (Å²) in [5, 5.41) is 8.38. The molecule has 2 heteroatoms. The molecule has 9 heavy (non-hydrogen) atoms. The van der Waals surface area contributed by atoms with Gasteiger partial charge >= 0.3 is 0 Å². The van der Waals surface area contributed by atoms with Crippen molar-refractivity contribution in [3.63, 3.8) is 0 Å². The minimum absolute atomic E-state index is 0.309. The maximum Gasteiger partial charge on any atom is 0.0628 e. The van der Waals surface area contributed by atoms with E-state index in [0.29, 0.717) is 11.8 Å². The van der Waals surface area contributed by atoms with E-state index in [1.54, 1.807) is 0 Å². The largest absolute Gasteiger partial charge is 0.305 e. The summed E-state index contributed by atoms with van der Waals surface area (Å²) in [6.45, 7) is 4.33. The summed E-state index contributed by atoms with van der Waals surface area (Å²) in [6, 6.07) is 2.20. The van der Waals surface area contributed by atoms with E-state index in [9.17, 15) is 0 Å². The second kappa shape index (κ2) is 2.00. The van der Waals surface area contributed by atoms with Gasteiger partial charge in [-0.15, -0.1) is 0 Å². The van der Waals surface area contributed by atoms with Gasteiger partial charge in [0.05, 0.1) is 6.07 Å². The summed E-state index contributed by atoms with van der Waals surface area (Å²) in [5.74, 6) is 0. The first-order chi connectivity index (χ1) is 4.16. The van der Waals surface area contributed by atoms with E-state index < -0.39 is 0 Å². The van der Waals surface area contributed by atoms with Crippen LogP contribution in [0.1, 0.15) is 13.3 Å². The molecule has 50 valence electrons. The molecule has 0 amide bonds. The van der Waals surface area contributed by atoms with Gasteiger partial charge in [0.25, 0.3) is 0 Å². The van der Waals surface area contributed by atoms with Crippen LogP contribution in [-0.2, 0) is 0 Å². The fourth-order valence-corrected chi connectivity index (χ4v) is 1.56. The fraction of sp³-hybridized carbons (Fsp3) is 0.857. The molecule has 1 rings (SSSR count). The number of nitriles is 1. The lowest BCUT2D eigenvalue weighted by molar-refractivity contribution is 0.0438. The van der Waals surface area contributed by atoms with Gasteiger partial charge in [-0.05, 0) is 7.05 Å². The molecule has 0 aromatic carbocycles. The van der Waals surface area contributed by atoms with Crippen LogP contribution in [0.15, 0.2) is 0 Å². The summed E-state index contributed by atoms with van der Waals surface area (Å²) < 4.78 is 0. The van der Waals surface area contributed by atoms with Gasteiger partial charge in [-0.3, -0.25) is 0 Å². The summed E-state index contributed by atoms with van der Waals surface area (Å²) >= 11 is 0. The van der Waals surface area contributed by atoms with E-state index in [1.807, 2.05) is 0 Å². The summed E-state index contributed by atoms with van der Waals surface area (Å²) in [6.07, 6.45) is 0.706. The normalized spacial score (nSPS) is 24.6. The Bertz CT molecular complexity index is 139. The van der Waals surface area contributed by atoms with Crippen molar-refractivity contribution in [3.05, 3.63) is 0 Å². The SMILES string of the molecule is CN1CC(C)(CC#N)C1. The van der Waals surface area contributed by atoms with E-state index in [1.165, 1.54) is 0 Å². The highest BCUT2D eigenvalue weighted by atomic mass is 15.2. The Hall–Kier alpha value is -0.550. The van der Waals surface area contributed by atoms with Crippen molar-refractivity contribution in [2.45, 2.75) is 13.3 Å². The molecule has 1 aliphatic rings. The van der Waals surface area contributed by atoms with Crippen LogP contribution in [0.3, 0.4) is 0 Å². The van der Waals surface area contributed by atoms with Gasteiger partial charge in [0, 0.05) is 24.9 Å². The Balaban J connectivity index is 2.34. The molecule has 0 aliphatic carbocycles. The predicted molar refractivity (Wildman–Crippen MR) is 35.8 cm³/mol. The highest BCUT2D eigenvalue weighted by molar-refractivity contribution is 4.95. The predicted octanol–water partition coefficient (Wildman–Crippen LogP) is 0.852. The number of hydrogen-bond acceptors (Lipinski definition) is 2. The van der Waals surface area contributed by atoms with Crippen LogP contribution in [0.2, 0.25) is 0 Å². The first kappa shape index (κ1) is 6.57. The van der Waals surface area contributed by atoms with E-state index in [-0.39, 0.29) is 0 Å². The van der Waals surface area contributed by atoms with Gasteiger partial charge in [-0.25, -0.2) is 0 Å². The molecule has 0 aromatic rings. The molecule has 1 aliphatic heterocycles. The first-order valence-corrected chi connectivity index (χ1v) is 3.22. The molecule has 0 spiro atoms. The van der Waals surface area contributed by atoms with Crippen molar-refractivity contribution in [3.8, 4) is 6.07 Å². The van der Waals surface area contributed by atoms with Gasteiger partial charge in [0.2, 0.25) is 0 Å². The Morgan fingerprint density at radius 3 is 2.56 bits per heavy atom. The lowest BCUT2D eigenvalue weighted by Gasteiger charge is -2.44. The van der Waals surface area contributed by atoms with Gasteiger partial charge in [0.15, 0.2) is 0 Å². The molecule has 2 nitrogen and oxygen atoms in total. The Labute approximate surface area is 56.1 Å². The first-order valence-electron chi connectivity index (χ1n) is 3.22. The molecule has 1 saturated heterocycles. The third-order valence-corrected chi connectivity index (χ3v) is 1.81. The third-order valence-electron chi connectivity index (χ3n) is 1.81. The van der Waals surface area contributed by atoms with Crippen molar-refractivity contribution in [1.29, 1.82) is 5.26 Å². The summed E-state index contributed by atoms with van der Waals surface area (Å²) in [5.41, 5.74) is 0.309. The lowest BCUT2D eigenvalue weighted by Crippen LogP contribution is -2.51. The molecule has 0 saturated carbocycles. The molecule has 0 N–H and O–H groups in total. The minimum Gasteiger partial charge on any atom is -0.305 e. The Kier molecular flexibility index (Phi) is 1.46. The summed E-state index contributed by atoms with van der Waals surface area (Å²) in [4.78, 5) is 2.23. The summed E-state index contributed by atoms with van der Waals surface area (Å²) in [7, 11) is 2.08. The maximum absolute atomic E-state index is 8.38. The van der Waals surface area contributed by atoms with Crippen LogP contribution in [-0.4, -0.2) is 25.0 Å². The highest BCUT2D eigenvalue weighted by Crippen LogP contribution is 2.30. The molecular formula is C7H12N2. The van der Waals surface area contributed by atoms with E-state index in [0.717, 1.165) is 13.1 Å². The molecule has 0 radical (unpaired) electrons. The standard InChI is InChI=1S/C7H12N2/c1-7(3-4-8)5-9(2)6-7/h3,5-6H2,1-2H3. The van der Waals surface area contributed by atoms with Crippen LogP contribution in [0.25, 0.3) is 0 Å². The quantitative estimate of drug-likeness (QED) is 0.518. The second-order valence-electron chi connectivity index (χ2n) is 3.32.